The van der Waals surface area contributed by atoms with Gasteiger partial charge in [0.1, 0.15) is 11.4 Å². The SMILES string of the molecule is CCCc1cc(C(=O)Cc2cnc(C)c(-n3cc(-c4cncc(N5CCN(C)CC5)c4)nn3)c2)nn1C(C)(C)C. The van der Waals surface area contributed by atoms with Crippen molar-refractivity contribution in [3.8, 4) is 16.9 Å². The average molecular weight is 542 g/mol. The highest BCUT2D eigenvalue weighted by molar-refractivity contribution is 5.95. The molecule has 5 heterocycles. The summed E-state index contributed by atoms with van der Waals surface area (Å²) in [6, 6.07) is 6.02. The third-order valence-corrected chi connectivity index (χ3v) is 7.32. The summed E-state index contributed by atoms with van der Waals surface area (Å²) in [5, 5.41) is 13.5. The van der Waals surface area contributed by atoms with Crippen LogP contribution in [-0.4, -0.2) is 78.7 Å². The van der Waals surface area contributed by atoms with Gasteiger partial charge < -0.3 is 9.80 Å². The predicted molar refractivity (Wildman–Crippen MR) is 156 cm³/mol. The molecule has 10 heteroatoms. The fraction of sp³-hybridized carbons (Fsp3) is 0.467. The van der Waals surface area contributed by atoms with E-state index in [1.165, 1.54) is 0 Å². The van der Waals surface area contributed by atoms with E-state index in [-0.39, 0.29) is 17.7 Å². The van der Waals surface area contributed by atoms with Crippen molar-refractivity contribution in [2.75, 3.05) is 38.1 Å². The molecule has 1 aliphatic rings. The first-order valence-electron chi connectivity index (χ1n) is 14.0. The van der Waals surface area contributed by atoms with Gasteiger partial charge in [-0.05, 0) is 64.9 Å². The third kappa shape index (κ3) is 5.96. The van der Waals surface area contributed by atoms with Crippen LogP contribution in [0.4, 0.5) is 5.69 Å². The summed E-state index contributed by atoms with van der Waals surface area (Å²) in [4.78, 5) is 27.0. The fourth-order valence-corrected chi connectivity index (χ4v) is 5.06. The molecule has 210 valence electrons. The molecule has 0 bridgehead atoms. The Morgan fingerprint density at radius 1 is 1.02 bits per heavy atom. The van der Waals surface area contributed by atoms with Gasteiger partial charge in [0.2, 0.25) is 0 Å². The molecule has 1 aliphatic heterocycles. The van der Waals surface area contributed by atoms with E-state index in [9.17, 15) is 4.79 Å². The molecule has 0 N–H and O–H groups in total. The number of piperazine rings is 1. The highest BCUT2D eigenvalue weighted by Crippen LogP contribution is 2.25. The van der Waals surface area contributed by atoms with Gasteiger partial charge in [-0.3, -0.25) is 19.4 Å². The maximum absolute atomic E-state index is 13.3. The van der Waals surface area contributed by atoms with Crippen LogP contribution < -0.4 is 4.90 Å². The van der Waals surface area contributed by atoms with Gasteiger partial charge in [-0.1, -0.05) is 18.6 Å². The molecule has 4 aromatic heterocycles. The lowest BCUT2D eigenvalue weighted by Crippen LogP contribution is -2.44. The second-order valence-electron chi connectivity index (χ2n) is 11.7. The van der Waals surface area contributed by atoms with E-state index in [2.05, 4.69) is 76.0 Å². The van der Waals surface area contributed by atoms with Crippen molar-refractivity contribution >= 4 is 11.5 Å². The number of nitrogens with zero attached hydrogens (tertiary/aromatic N) is 9. The van der Waals surface area contributed by atoms with Gasteiger partial charge in [0.25, 0.3) is 0 Å². The van der Waals surface area contributed by atoms with Crippen molar-refractivity contribution in [3.63, 3.8) is 0 Å². The van der Waals surface area contributed by atoms with Gasteiger partial charge in [-0.25, -0.2) is 4.68 Å². The lowest BCUT2D eigenvalue weighted by molar-refractivity contribution is 0.0986. The van der Waals surface area contributed by atoms with E-state index in [0.29, 0.717) is 5.69 Å². The monoisotopic (exact) mass is 541 g/mol. The minimum absolute atomic E-state index is 0.0250. The zero-order valence-corrected chi connectivity index (χ0v) is 24.4. The number of aromatic nitrogens is 7. The normalized spacial score (nSPS) is 14.6. The molecule has 10 nitrogen and oxygen atoms in total. The van der Waals surface area contributed by atoms with Crippen LogP contribution in [0.25, 0.3) is 16.9 Å². The van der Waals surface area contributed by atoms with E-state index in [1.807, 2.05) is 42.3 Å². The van der Waals surface area contributed by atoms with Crippen molar-refractivity contribution in [2.45, 2.75) is 59.4 Å². The number of pyridine rings is 2. The molecule has 0 spiro atoms. The van der Waals surface area contributed by atoms with Crippen molar-refractivity contribution in [1.29, 1.82) is 0 Å². The lowest BCUT2D eigenvalue weighted by atomic mass is 10.1. The number of ketones is 1. The minimum Gasteiger partial charge on any atom is -0.368 e. The molecule has 0 unspecified atom stereocenters. The third-order valence-electron chi connectivity index (χ3n) is 7.32. The van der Waals surface area contributed by atoms with Gasteiger partial charge >= 0.3 is 0 Å². The van der Waals surface area contributed by atoms with Crippen LogP contribution in [0.1, 0.15) is 61.6 Å². The van der Waals surface area contributed by atoms with Crippen LogP contribution in [0, 0.1) is 6.92 Å². The van der Waals surface area contributed by atoms with Crippen molar-refractivity contribution in [2.24, 2.45) is 0 Å². The number of anilines is 1. The summed E-state index contributed by atoms with van der Waals surface area (Å²) in [6.45, 7) is 14.4. The first kappa shape index (κ1) is 27.6. The Balaban J connectivity index is 1.35. The molecular weight excluding hydrogens is 502 g/mol. The Morgan fingerprint density at radius 2 is 1.80 bits per heavy atom. The topological polar surface area (TPSA) is 97.9 Å². The van der Waals surface area contributed by atoms with Crippen molar-refractivity contribution in [3.05, 3.63) is 65.6 Å². The maximum Gasteiger partial charge on any atom is 0.187 e. The molecule has 1 fully saturated rings. The number of likely N-dealkylation sites (N-methyl/N-ethyl adjacent to an activating group) is 1. The van der Waals surface area contributed by atoms with Crippen molar-refractivity contribution in [1.82, 2.24) is 39.6 Å². The van der Waals surface area contributed by atoms with Crippen LogP contribution in [0.3, 0.4) is 0 Å². The van der Waals surface area contributed by atoms with E-state index < -0.39 is 0 Å². The van der Waals surface area contributed by atoms with Crippen LogP contribution in [0.2, 0.25) is 0 Å². The van der Waals surface area contributed by atoms with Gasteiger partial charge in [-0.15, -0.1) is 5.10 Å². The summed E-state index contributed by atoms with van der Waals surface area (Å²) in [6.07, 6.45) is 9.47. The smallest absolute Gasteiger partial charge is 0.187 e. The lowest BCUT2D eigenvalue weighted by Gasteiger charge is -2.33. The molecule has 1 saturated heterocycles. The maximum atomic E-state index is 13.3. The van der Waals surface area contributed by atoms with Crippen LogP contribution in [-0.2, 0) is 18.4 Å². The first-order chi connectivity index (χ1) is 19.1. The standard InChI is InChI=1S/C30H39N9O/c1-7-8-24-16-26(34-39(24)30(3,4)5)29(40)14-22-13-28(21(2)32-17-22)38-20-27(33-35-38)23-15-25(19-31-18-23)37-11-9-36(6)10-12-37/h13,15-20H,7-12,14H2,1-6H3. The summed E-state index contributed by atoms with van der Waals surface area (Å²) < 4.78 is 3.70. The molecule has 5 rings (SSSR count). The van der Waals surface area contributed by atoms with E-state index in [1.54, 1.807) is 10.9 Å². The molecule has 0 amide bonds. The number of carbonyl (C=O) groups excluding carboxylic acids is 1. The summed E-state index contributed by atoms with van der Waals surface area (Å²) in [7, 11) is 2.15. The van der Waals surface area contributed by atoms with Gasteiger partial charge in [-0.2, -0.15) is 5.10 Å². The van der Waals surface area contributed by atoms with Crippen molar-refractivity contribution < 1.29 is 4.79 Å². The number of Topliss-reactive ketones (excluding diaryl/α,β-unsaturated/α-hetero) is 1. The van der Waals surface area contributed by atoms with E-state index in [4.69, 9.17) is 0 Å². The molecule has 4 aromatic rings. The Kier molecular flexibility index (Phi) is 7.80. The Bertz CT molecular complexity index is 1490. The highest BCUT2D eigenvalue weighted by atomic mass is 16.1. The first-order valence-corrected chi connectivity index (χ1v) is 14.0. The van der Waals surface area contributed by atoms with Gasteiger partial charge in [0, 0.05) is 56.3 Å². The zero-order chi connectivity index (χ0) is 28.4. The zero-order valence-electron chi connectivity index (χ0n) is 24.4. The molecule has 0 atom stereocenters. The number of carbonyl (C=O) groups is 1. The Labute approximate surface area is 236 Å². The number of hydrogen-bond acceptors (Lipinski definition) is 8. The van der Waals surface area contributed by atoms with E-state index >= 15 is 0 Å². The van der Waals surface area contributed by atoms with Crippen LogP contribution >= 0.6 is 0 Å². The molecule has 0 saturated carbocycles. The quantitative estimate of drug-likeness (QED) is 0.308. The second kappa shape index (κ2) is 11.3. The molecule has 0 aliphatic carbocycles. The summed E-state index contributed by atoms with van der Waals surface area (Å²) >= 11 is 0. The number of hydrogen-bond donors (Lipinski definition) is 0. The molecule has 0 aromatic carbocycles. The molecular formula is C30H39N9O. The Morgan fingerprint density at radius 3 is 2.52 bits per heavy atom. The fourth-order valence-electron chi connectivity index (χ4n) is 5.06. The predicted octanol–water partition coefficient (Wildman–Crippen LogP) is 4.11. The second-order valence-corrected chi connectivity index (χ2v) is 11.7. The number of aryl methyl sites for hydroxylation is 2. The minimum atomic E-state index is -0.189. The number of rotatable bonds is 8. The Hall–Kier alpha value is -3.92. The average Bonchev–Trinajstić information content (AvgIpc) is 3.59. The largest absolute Gasteiger partial charge is 0.368 e. The van der Waals surface area contributed by atoms with E-state index in [0.717, 1.165) is 78.6 Å². The molecule has 40 heavy (non-hydrogen) atoms. The van der Waals surface area contributed by atoms with Crippen LogP contribution in [0.15, 0.2) is 43.0 Å². The summed E-state index contributed by atoms with van der Waals surface area (Å²) in [5.74, 6) is -0.0250. The van der Waals surface area contributed by atoms with Gasteiger partial charge in [0.15, 0.2) is 5.78 Å². The van der Waals surface area contributed by atoms with Gasteiger partial charge in [0.05, 0.1) is 35.0 Å². The highest BCUT2D eigenvalue weighted by Gasteiger charge is 2.22. The summed E-state index contributed by atoms with van der Waals surface area (Å²) in [5.41, 5.74) is 6.54. The molecule has 0 radical (unpaired) electrons. The van der Waals surface area contributed by atoms with Crippen LogP contribution in [0.5, 0.6) is 0 Å².